The highest BCUT2D eigenvalue weighted by atomic mass is 35.5. The van der Waals surface area contributed by atoms with Gasteiger partial charge in [-0.15, -0.1) is 0 Å². The lowest BCUT2D eigenvalue weighted by Gasteiger charge is -2.17. The zero-order valence-electron chi connectivity index (χ0n) is 13.3. The number of carbonyl (C=O) groups excluding carboxylic acids is 2. The van der Waals surface area contributed by atoms with Crippen LogP contribution in [0.3, 0.4) is 0 Å². The Labute approximate surface area is 141 Å². The zero-order chi connectivity index (χ0) is 16.7. The molecule has 0 bridgehead atoms. The Morgan fingerprint density at radius 2 is 2.00 bits per heavy atom. The van der Waals surface area contributed by atoms with E-state index in [0.29, 0.717) is 17.5 Å². The monoisotopic (exact) mass is 338 g/mol. The van der Waals surface area contributed by atoms with Gasteiger partial charge in [-0.3, -0.25) is 4.79 Å². The molecule has 1 aromatic carbocycles. The quantitative estimate of drug-likeness (QED) is 0.730. The number of amides is 3. The molecule has 23 heavy (non-hydrogen) atoms. The number of urea groups is 1. The predicted octanol–water partition coefficient (Wildman–Crippen LogP) is 1.21. The molecule has 1 heterocycles. The van der Waals surface area contributed by atoms with Gasteiger partial charge in [-0.2, -0.15) is 0 Å². The minimum absolute atomic E-state index is 0.0265. The third-order valence-corrected chi connectivity index (χ3v) is 4.15. The number of hydrogen-bond donors (Lipinski definition) is 3. The first-order valence-electron chi connectivity index (χ1n) is 7.77. The highest BCUT2D eigenvalue weighted by molar-refractivity contribution is 6.30. The van der Waals surface area contributed by atoms with Crippen molar-refractivity contribution in [2.45, 2.75) is 13.0 Å². The van der Waals surface area contributed by atoms with Crippen molar-refractivity contribution < 1.29 is 9.59 Å². The summed E-state index contributed by atoms with van der Waals surface area (Å²) in [5, 5.41) is 9.11. The zero-order valence-corrected chi connectivity index (χ0v) is 14.0. The van der Waals surface area contributed by atoms with E-state index in [9.17, 15) is 9.59 Å². The molecule has 1 fully saturated rings. The number of nitrogens with zero attached hydrogens (tertiary/aromatic N) is 1. The summed E-state index contributed by atoms with van der Waals surface area (Å²) in [6.45, 7) is 2.86. The average molecular weight is 339 g/mol. The van der Waals surface area contributed by atoms with Gasteiger partial charge in [-0.05, 0) is 43.6 Å². The maximum Gasteiger partial charge on any atom is 0.315 e. The third kappa shape index (κ3) is 5.73. The topological polar surface area (TPSA) is 73.5 Å². The Kier molecular flexibility index (Phi) is 6.67. The number of carbonyl (C=O) groups is 2. The van der Waals surface area contributed by atoms with Crippen LogP contribution >= 0.6 is 11.6 Å². The van der Waals surface area contributed by atoms with Crippen molar-refractivity contribution in [1.29, 1.82) is 0 Å². The number of nitrogens with one attached hydrogen (secondary N) is 3. The van der Waals surface area contributed by atoms with Crippen molar-refractivity contribution >= 4 is 23.5 Å². The van der Waals surface area contributed by atoms with Crippen LogP contribution in [0.5, 0.6) is 0 Å². The summed E-state index contributed by atoms with van der Waals surface area (Å²) in [7, 11) is 1.91. The van der Waals surface area contributed by atoms with Gasteiger partial charge in [0.2, 0.25) is 5.91 Å². The van der Waals surface area contributed by atoms with Crippen LogP contribution in [0.4, 0.5) is 4.79 Å². The molecule has 0 radical (unpaired) electrons. The molecule has 7 heteroatoms. The first kappa shape index (κ1) is 17.6. The largest absolute Gasteiger partial charge is 0.341 e. The third-order valence-electron chi connectivity index (χ3n) is 3.90. The summed E-state index contributed by atoms with van der Waals surface area (Å²) in [6.07, 6.45) is 1.01. The average Bonchev–Trinajstić information content (AvgIpc) is 3.01. The smallest absolute Gasteiger partial charge is 0.315 e. The highest BCUT2D eigenvalue weighted by Gasteiger charge is 2.25. The molecule has 6 nitrogen and oxygen atoms in total. The lowest BCUT2D eigenvalue weighted by molar-refractivity contribution is -0.129. The molecular weight excluding hydrogens is 316 g/mol. The predicted molar refractivity (Wildman–Crippen MR) is 90.3 cm³/mol. The molecule has 0 saturated carbocycles. The molecule has 1 aliphatic heterocycles. The van der Waals surface area contributed by atoms with Crippen LogP contribution < -0.4 is 16.0 Å². The standard InChI is InChI=1S/C16H23ClN4O2/c1-18-8-13-6-7-21(11-13)15(22)10-20-16(23)19-9-12-2-4-14(17)5-3-12/h2-5,13,18H,6-11H2,1H3,(H2,19,20,23). The molecular formula is C16H23ClN4O2. The van der Waals surface area contributed by atoms with Gasteiger partial charge in [0.25, 0.3) is 0 Å². The second-order valence-corrected chi connectivity index (χ2v) is 6.15. The van der Waals surface area contributed by atoms with Crippen molar-refractivity contribution in [3.8, 4) is 0 Å². The van der Waals surface area contributed by atoms with E-state index in [1.165, 1.54) is 0 Å². The van der Waals surface area contributed by atoms with E-state index in [1.807, 2.05) is 24.1 Å². The Morgan fingerprint density at radius 3 is 2.70 bits per heavy atom. The normalized spacial score (nSPS) is 17.1. The number of rotatable bonds is 6. The minimum atomic E-state index is -0.348. The second-order valence-electron chi connectivity index (χ2n) is 5.71. The molecule has 2 rings (SSSR count). The second kappa shape index (κ2) is 8.74. The minimum Gasteiger partial charge on any atom is -0.341 e. The van der Waals surface area contributed by atoms with Crippen LogP contribution in [0.15, 0.2) is 24.3 Å². The lowest BCUT2D eigenvalue weighted by Crippen LogP contribution is -2.43. The van der Waals surface area contributed by atoms with E-state index < -0.39 is 0 Å². The molecule has 3 N–H and O–H groups in total. The lowest BCUT2D eigenvalue weighted by atomic mass is 10.1. The maximum absolute atomic E-state index is 12.1. The van der Waals surface area contributed by atoms with Crippen molar-refractivity contribution in [1.82, 2.24) is 20.9 Å². The Hall–Kier alpha value is -1.79. The molecule has 126 valence electrons. The molecule has 1 unspecified atom stereocenters. The summed E-state index contributed by atoms with van der Waals surface area (Å²) in [5.41, 5.74) is 0.949. The Bertz CT molecular complexity index is 535. The Balaban J connectivity index is 1.66. The van der Waals surface area contributed by atoms with Crippen LogP contribution in [0, 0.1) is 5.92 Å². The molecule has 1 saturated heterocycles. The molecule has 1 atom stereocenters. The molecule has 0 aliphatic carbocycles. The first-order valence-corrected chi connectivity index (χ1v) is 8.15. The fourth-order valence-electron chi connectivity index (χ4n) is 2.63. The highest BCUT2D eigenvalue weighted by Crippen LogP contribution is 2.15. The van der Waals surface area contributed by atoms with Crippen molar-refractivity contribution in [3.63, 3.8) is 0 Å². The maximum atomic E-state index is 12.1. The first-order chi connectivity index (χ1) is 11.1. The van der Waals surface area contributed by atoms with Crippen LogP contribution in [0.25, 0.3) is 0 Å². The van der Waals surface area contributed by atoms with Crippen LogP contribution in [-0.4, -0.2) is 50.1 Å². The van der Waals surface area contributed by atoms with Crippen LogP contribution in [-0.2, 0) is 11.3 Å². The SMILES string of the molecule is CNCC1CCN(C(=O)CNC(=O)NCc2ccc(Cl)cc2)C1. The van der Waals surface area contributed by atoms with Gasteiger partial charge < -0.3 is 20.9 Å². The van der Waals surface area contributed by atoms with Gasteiger partial charge in [0, 0.05) is 24.7 Å². The number of halogens is 1. The summed E-state index contributed by atoms with van der Waals surface area (Å²) >= 11 is 5.81. The van der Waals surface area contributed by atoms with Crippen LogP contribution in [0.1, 0.15) is 12.0 Å². The molecule has 0 aromatic heterocycles. The van der Waals surface area contributed by atoms with E-state index in [-0.39, 0.29) is 18.5 Å². The van der Waals surface area contributed by atoms with Crippen LogP contribution in [0.2, 0.25) is 5.02 Å². The van der Waals surface area contributed by atoms with Crippen molar-refractivity contribution in [2.75, 3.05) is 33.2 Å². The number of benzene rings is 1. The van der Waals surface area contributed by atoms with E-state index in [1.54, 1.807) is 12.1 Å². The van der Waals surface area contributed by atoms with Gasteiger partial charge in [0.05, 0.1) is 6.54 Å². The van der Waals surface area contributed by atoms with E-state index in [4.69, 9.17) is 11.6 Å². The Morgan fingerprint density at radius 1 is 1.26 bits per heavy atom. The molecule has 3 amide bonds. The van der Waals surface area contributed by atoms with Gasteiger partial charge in [-0.25, -0.2) is 4.79 Å². The summed E-state index contributed by atoms with van der Waals surface area (Å²) in [6, 6.07) is 6.89. The van der Waals surface area contributed by atoms with Crippen molar-refractivity contribution in [2.24, 2.45) is 5.92 Å². The van der Waals surface area contributed by atoms with E-state index in [0.717, 1.165) is 31.6 Å². The van der Waals surface area contributed by atoms with Gasteiger partial charge in [-0.1, -0.05) is 23.7 Å². The molecule has 1 aromatic rings. The number of hydrogen-bond acceptors (Lipinski definition) is 3. The summed E-state index contributed by atoms with van der Waals surface area (Å²) in [5.74, 6) is 0.466. The summed E-state index contributed by atoms with van der Waals surface area (Å²) < 4.78 is 0. The van der Waals surface area contributed by atoms with Crippen molar-refractivity contribution in [3.05, 3.63) is 34.9 Å². The fourth-order valence-corrected chi connectivity index (χ4v) is 2.76. The van der Waals surface area contributed by atoms with Gasteiger partial charge in [0.15, 0.2) is 0 Å². The fraction of sp³-hybridized carbons (Fsp3) is 0.500. The van der Waals surface area contributed by atoms with E-state index >= 15 is 0 Å². The number of likely N-dealkylation sites (tertiary alicyclic amines) is 1. The van der Waals surface area contributed by atoms with Gasteiger partial charge >= 0.3 is 6.03 Å². The van der Waals surface area contributed by atoms with Gasteiger partial charge in [0.1, 0.15) is 0 Å². The van der Waals surface area contributed by atoms with E-state index in [2.05, 4.69) is 16.0 Å². The summed E-state index contributed by atoms with van der Waals surface area (Å²) in [4.78, 5) is 25.6. The molecule has 1 aliphatic rings. The molecule has 0 spiro atoms.